The van der Waals surface area contributed by atoms with E-state index in [-0.39, 0.29) is 0 Å². The Hall–Kier alpha value is -1.25. The molecule has 0 atom stereocenters. The molecule has 0 aliphatic rings. The molecule has 2 N–H and O–H groups in total. The first-order chi connectivity index (χ1) is 4.20. The summed E-state index contributed by atoms with van der Waals surface area (Å²) in [5.41, 5.74) is 0. The summed E-state index contributed by atoms with van der Waals surface area (Å²) in [4.78, 5) is 0. The van der Waals surface area contributed by atoms with Gasteiger partial charge in [0.1, 0.15) is 5.82 Å². The van der Waals surface area contributed by atoms with Crippen LogP contribution in [-0.2, 0) is 0 Å². The van der Waals surface area contributed by atoms with Crippen molar-refractivity contribution in [3.63, 3.8) is 0 Å². The lowest BCUT2D eigenvalue weighted by Gasteiger charge is -1.93. The molecule has 0 unspecified atom stereocenters. The molecule has 0 saturated heterocycles. The Kier molecular flexibility index (Phi) is 1.26. The van der Waals surface area contributed by atoms with E-state index in [1.807, 2.05) is 0 Å². The standard InChI is InChI=1S/C6H4FO2/c7-4-1-2-5(8)6(9)3-4/h1,3,8-9H. The molecule has 47 valence electrons. The summed E-state index contributed by atoms with van der Waals surface area (Å²) in [7, 11) is 0. The van der Waals surface area contributed by atoms with E-state index in [4.69, 9.17) is 10.2 Å². The van der Waals surface area contributed by atoms with Crippen LogP contribution in [-0.4, -0.2) is 10.2 Å². The third-order valence-corrected chi connectivity index (χ3v) is 0.864. The van der Waals surface area contributed by atoms with Crippen LogP contribution in [0.4, 0.5) is 4.39 Å². The third kappa shape index (κ3) is 1.10. The van der Waals surface area contributed by atoms with Gasteiger partial charge in [0.15, 0.2) is 11.5 Å². The number of phenolic OH excluding ortho intramolecular Hbond substituents is 2. The molecule has 2 nitrogen and oxygen atoms in total. The maximum Gasteiger partial charge on any atom is 0.165 e. The van der Waals surface area contributed by atoms with Crippen LogP contribution in [0.15, 0.2) is 12.1 Å². The van der Waals surface area contributed by atoms with Crippen molar-refractivity contribution in [3.8, 4) is 11.5 Å². The average molecular weight is 127 g/mol. The van der Waals surface area contributed by atoms with Gasteiger partial charge >= 0.3 is 0 Å². The van der Waals surface area contributed by atoms with Gasteiger partial charge in [-0.15, -0.1) is 0 Å². The van der Waals surface area contributed by atoms with Crippen molar-refractivity contribution in [2.45, 2.75) is 0 Å². The minimum Gasteiger partial charge on any atom is -0.504 e. The molecule has 9 heavy (non-hydrogen) atoms. The SMILES string of the molecule is Oc1[c]cc(F)cc1O. The molecule has 0 amide bonds. The average Bonchev–Trinajstić information content (AvgIpc) is 1.80. The smallest absolute Gasteiger partial charge is 0.165 e. The second-order valence-electron chi connectivity index (χ2n) is 1.55. The fourth-order valence-corrected chi connectivity index (χ4v) is 0.452. The highest BCUT2D eigenvalue weighted by Crippen LogP contribution is 2.22. The lowest BCUT2D eigenvalue weighted by molar-refractivity contribution is 0.399. The van der Waals surface area contributed by atoms with Gasteiger partial charge in [-0.05, 0) is 6.07 Å². The zero-order chi connectivity index (χ0) is 6.85. The second kappa shape index (κ2) is 1.93. The summed E-state index contributed by atoms with van der Waals surface area (Å²) in [5.74, 6) is -1.54. The molecule has 1 aromatic rings. The van der Waals surface area contributed by atoms with Crippen LogP contribution < -0.4 is 0 Å². The summed E-state index contributed by atoms with van der Waals surface area (Å²) < 4.78 is 12.0. The van der Waals surface area contributed by atoms with Crippen LogP contribution in [0.2, 0.25) is 0 Å². The highest BCUT2D eigenvalue weighted by Gasteiger charge is 1.98. The maximum atomic E-state index is 12.0. The normalized spacial score (nSPS) is 9.44. The molecule has 0 heterocycles. The van der Waals surface area contributed by atoms with E-state index < -0.39 is 17.3 Å². The Labute approximate surface area is 51.2 Å². The highest BCUT2D eigenvalue weighted by atomic mass is 19.1. The first-order valence-corrected chi connectivity index (χ1v) is 2.29. The van der Waals surface area contributed by atoms with Crippen LogP contribution in [0, 0.1) is 11.9 Å². The van der Waals surface area contributed by atoms with Crippen molar-refractivity contribution in [1.82, 2.24) is 0 Å². The van der Waals surface area contributed by atoms with Crippen molar-refractivity contribution < 1.29 is 14.6 Å². The number of aromatic hydroxyl groups is 2. The van der Waals surface area contributed by atoms with Gasteiger partial charge in [0.25, 0.3) is 0 Å². The van der Waals surface area contributed by atoms with Gasteiger partial charge in [-0.25, -0.2) is 4.39 Å². The Morgan fingerprint density at radius 3 is 2.56 bits per heavy atom. The number of halogens is 1. The predicted molar refractivity (Wildman–Crippen MR) is 28.6 cm³/mol. The molecule has 0 aliphatic carbocycles. The molecule has 0 bridgehead atoms. The molecular weight excluding hydrogens is 123 g/mol. The fourth-order valence-electron chi connectivity index (χ4n) is 0.452. The van der Waals surface area contributed by atoms with Crippen LogP contribution in [0.25, 0.3) is 0 Å². The Bertz CT molecular complexity index is 222. The Morgan fingerprint density at radius 2 is 2.11 bits per heavy atom. The molecule has 3 heteroatoms. The first-order valence-electron chi connectivity index (χ1n) is 2.29. The van der Waals surface area contributed by atoms with E-state index in [2.05, 4.69) is 6.07 Å². The highest BCUT2D eigenvalue weighted by molar-refractivity contribution is 5.35. The number of rotatable bonds is 0. The number of hydrogen-bond donors (Lipinski definition) is 2. The molecule has 0 aromatic heterocycles. The van der Waals surface area contributed by atoms with E-state index in [0.717, 1.165) is 12.1 Å². The molecular formula is C6H4FO2. The molecule has 0 aliphatic heterocycles. The van der Waals surface area contributed by atoms with Gasteiger partial charge in [0, 0.05) is 12.1 Å². The molecule has 0 fully saturated rings. The largest absolute Gasteiger partial charge is 0.504 e. The molecule has 0 spiro atoms. The van der Waals surface area contributed by atoms with Gasteiger partial charge in [0.05, 0.1) is 0 Å². The molecule has 1 aromatic carbocycles. The number of phenols is 2. The quantitative estimate of drug-likeness (QED) is 0.511. The van der Waals surface area contributed by atoms with Gasteiger partial charge in [-0.1, -0.05) is 0 Å². The van der Waals surface area contributed by atoms with Crippen LogP contribution >= 0.6 is 0 Å². The number of hydrogen-bond acceptors (Lipinski definition) is 2. The van der Waals surface area contributed by atoms with Gasteiger partial charge in [-0.3, -0.25) is 0 Å². The molecule has 1 radical (unpaired) electrons. The molecule has 1 rings (SSSR count). The Balaban J connectivity index is 3.17. The summed E-state index contributed by atoms with van der Waals surface area (Å²) in [6.45, 7) is 0. The fraction of sp³-hybridized carbons (Fsp3) is 0. The zero-order valence-corrected chi connectivity index (χ0v) is 4.43. The summed E-state index contributed by atoms with van der Waals surface area (Å²) in [6, 6.07) is 3.85. The number of benzene rings is 1. The first kappa shape index (κ1) is 5.88. The minimum atomic E-state index is -0.620. The van der Waals surface area contributed by atoms with Gasteiger partial charge in [0.2, 0.25) is 0 Å². The molecule has 0 saturated carbocycles. The van der Waals surface area contributed by atoms with Gasteiger partial charge < -0.3 is 10.2 Å². The Morgan fingerprint density at radius 1 is 1.44 bits per heavy atom. The minimum absolute atomic E-state index is 0.434. The predicted octanol–water partition coefficient (Wildman–Crippen LogP) is 1.04. The lowest BCUT2D eigenvalue weighted by Crippen LogP contribution is -1.72. The second-order valence-corrected chi connectivity index (χ2v) is 1.55. The monoisotopic (exact) mass is 127 g/mol. The van der Waals surface area contributed by atoms with Crippen LogP contribution in [0.1, 0.15) is 0 Å². The van der Waals surface area contributed by atoms with E-state index in [1.165, 1.54) is 0 Å². The third-order valence-electron chi connectivity index (χ3n) is 0.864. The van der Waals surface area contributed by atoms with E-state index in [0.29, 0.717) is 0 Å². The zero-order valence-electron chi connectivity index (χ0n) is 4.43. The lowest BCUT2D eigenvalue weighted by atomic mass is 10.3. The van der Waals surface area contributed by atoms with Crippen LogP contribution in [0.3, 0.4) is 0 Å². The van der Waals surface area contributed by atoms with Crippen molar-refractivity contribution >= 4 is 0 Å². The van der Waals surface area contributed by atoms with E-state index >= 15 is 0 Å². The topological polar surface area (TPSA) is 40.5 Å². The van der Waals surface area contributed by atoms with Crippen molar-refractivity contribution in [2.75, 3.05) is 0 Å². The van der Waals surface area contributed by atoms with E-state index in [1.54, 1.807) is 0 Å². The summed E-state index contributed by atoms with van der Waals surface area (Å²) >= 11 is 0. The van der Waals surface area contributed by atoms with Crippen molar-refractivity contribution in [3.05, 3.63) is 24.0 Å². The maximum absolute atomic E-state index is 12.0. The summed E-state index contributed by atoms with van der Waals surface area (Å²) in [6.07, 6.45) is 0. The van der Waals surface area contributed by atoms with Gasteiger partial charge in [-0.2, -0.15) is 0 Å². The van der Waals surface area contributed by atoms with Crippen molar-refractivity contribution in [1.29, 1.82) is 0 Å². The van der Waals surface area contributed by atoms with Crippen LogP contribution in [0.5, 0.6) is 11.5 Å². The van der Waals surface area contributed by atoms with Crippen molar-refractivity contribution in [2.24, 2.45) is 0 Å². The van der Waals surface area contributed by atoms with E-state index in [9.17, 15) is 4.39 Å². The summed E-state index contributed by atoms with van der Waals surface area (Å²) in [5, 5.41) is 17.2.